The highest BCUT2D eigenvalue weighted by molar-refractivity contribution is 5.39. The monoisotopic (exact) mass is 350 g/mol. The number of benzene rings is 1. The van der Waals surface area contributed by atoms with Crippen LogP contribution in [0, 0.1) is 17.8 Å². The van der Waals surface area contributed by atoms with Gasteiger partial charge in [0.2, 0.25) is 5.88 Å². The fourth-order valence-corrected chi connectivity index (χ4v) is 5.60. The molecule has 1 heterocycles. The molecule has 2 unspecified atom stereocenters. The first-order valence-electron chi connectivity index (χ1n) is 10.1. The average Bonchev–Trinajstić information content (AvgIpc) is 2.63. The number of aromatic nitrogens is 1. The summed E-state index contributed by atoms with van der Waals surface area (Å²) in [6, 6.07) is 12.4. The fraction of sp³-hybridized carbons (Fsp3) is 0.522. The third-order valence-electron chi connectivity index (χ3n) is 6.62. The van der Waals surface area contributed by atoms with Crippen molar-refractivity contribution in [3.63, 3.8) is 0 Å². The summed E-state index contributed by atoms with van der Waals surface area (Å²) in [7, 11) is 0. The average molecular weight is 351 g/mol. The van der Waals surface area contributed by atoms with E-state index in [4.69, 9.17) is 10.5 Å². The number of nitrogens with zero attached hydrogens (tertiary/aromatic N) is 1. The predicted octanol–water partition coefficient (Wildman–Crippen LogP) is 5.95. The van der Waals surface area contributed by atoms with Gasteiger partial charge in [-0.15, -0.1) is 0 Å². The van der Waals surface area contributed by atoms with E-state index in [0.717, 1.165) is 23.5 Å². The van der Waals surface area contributed by atoms with Crippen LogP contribution in [0.2, 0.25) is 0 Å². The zero-order chi connectivity index (χ0) is 18.1. The van der Waals surface area contributed by atoms with Crippen molar-refractivity contribution in [2.75, 3.05) is 5.73 Å². The number of ether oxygens (including phenoxy) is 1. The molecule has 3 nitrogen and oxygen atoms in total. The lowest BCUT2D eigenvalue weighted by Crippen LogP contribution is -2.40. The number of nitrogens with two attached hydrogens (primary N) is 1. The van der Waals surface area contributed by atoms with E-state index in [1.807, 2.05) is 6.07 Å². The van der Waals surface area contributed by atoms with Gasteiger partial charge in [0.05, 0.1) is 11.9 Å². The van der Waals surface area contributed by atoms with Gasteiger partial charge in [-0.3, -0.25) is 0 Å². The molecule has 2 aliphatic carbocycles. The molecule has 0 radical (unpaired) electrons. The topological polar surface area (TPSA) is 48.1 Å². The minimum absolute atomic E-state index is 0.353. The Bertz CT molecular complexity index is 720. The summed E-state index contributed by atoms with van der Waals surface area (Å²) in [6.07, 6.45) is 9.85. The minimum Gasteiger partial charge on any atom is -0.439 e. The largest absolute Gasteiger partial charge is 0.439 e. The second-order valence-electron chi connectivity index (χ2n) is 8.64. The van der Waals surface area contributed by atoms with Crippen LogP contribution in [0.3, 0.4) is 0 Å². The maximum atomic E-state index is 5.86. The van der Waals surface area contributed by atoms with E-state index in [1.165, 1.54) is 44.1 Å². The van der Waals surface area contributed by atoms with Gasteiger partial charge in [-0.1, -0.05) is 26.0 Å². The molecular formula is C23H30N2O. The number of fused-ring (bicyclic) bond motifs is 2. The molecule has 2 N–H and O–H groups in total. The molecule has 2 atom stereocenters. The van der Waals surface area contributed by atoms with Gasteiger partial charge in [0.15, 0.2) is 0 Å². The maximum Gasteiger partial charge on any atom is 0.219 e. The van der Waals surface area contributed by atoms with Crippen LogP contribution < -0.4 is 10.5 Å². The third kappa shape index (κ3) is 3.44. The molecule has 1 aromatic carbocycles. The summed E-state index contributed by atoms with van der Waals surface area (Å²) >= 11 is 0. The van der Waals surface area contributed by atoms with Crippen LogP contribution in [0.5, 0.6) is 11.6 Å². The van der Waals surface area contributed by atoms with Gasteiger partial charge in [0, 0.05) is 6.07 Å². The molecule has 0 aliphatic heterocycles. The number of hydrogen-bond acceptors (Lipinski definition) is 3. The van der Waals surface area contributed by atoms with Crippen molar-refractivity contribution in [2.24, 2.45) is 17.8 Å². The molecule has 0 spiro atoms. The van der Waals surface area contributed by atoms with Crippen LogP contribution >= 0.6 is 0 Å². The van der Waals surface area contributed by atoms with Crippen LogP contribution in [0.15, 0.2) is 42.6 Å². The van der Waals surface area contributed by atoms with Crippen molar-refractivity contribution in [3.8, 4) is 11.6 Å². The molecule has 2 aliphatic rings. The lowest BCUT2D eigenvalue weighted by atomic mass is 9.56. The second kappa shape index (κ2) is 6.94. The Balaban J connectivity index is 1.52. The number of hydrogen-bond donors (Lipinski definition) is 1. The van der Waals surface area contributed by atoms with Crippen molar-refractivity contribution < 1.29 is 4.74 Å². The van der Waals surface area contributed by atoms with E-state index in [0.29, 0.717) is 17.0 Å². The van der Waals surface area contributed by atoms with Crippen molar-refractivity contribution in [3.05, 3.63) is 48.2 Å². The normalized spacial score (nSPS) is 30.8. The number of pyridine rings is 1. The first-order chi connectivity index (χ1) is 12.6. The van der Waals surface area contributed by atoms with Crippen LogP contribution in [-0.2, 0) is 5.41 Å². The van der Waals surface area contributed by atoms with Crippen LogP contribution in [0.1, 0.15) is 57.9 Å². The summed E-state index contributed by atoms with van der Waals surface area (Å²) in [4.78, 5) is 4.21. The maximum absolute atomic E-state index is 5.86. The Morgan fingerprint density at radius 1 is 1.04 bits per heavy atom. The van der Waals surface area contributed by atoms with Gasteiger partial charge in [-0.05, 0) is 85.5 Å². The number of anilines is 1. The SMILES string of the molecule is CCC1(c2ccc(Oc3ccc(N)cn3)cc2)CC2CC(C)CC(C2)C1. The van der Waals surface area contributed by atoms with E-state index in [1.54, 1.807) is 12.3 Å². The van der Waals surface area contributed by atoms with Crippen LogP contribution in [0.4, 0.5) is 5.69 Å². The molecule has 3 heteroatoms. The Morgan fingerprint density at radius 2 is 1.73 bits per heavy atom. The smallest absolute Gasteiger partial charge is 0.219 e. The third-order valence-corrected chi connectivity index (χ3v) is 6.62. The van der Waals surface area contributed by atoms with Crippen molar-refractivity contribution >= 4 is 5.69 Å². The quantitative estimate of drug-likeness (QED) is 0.741. The van der Waals surface area contributed by atoms with Gasteiger partial charge in [0.1, 0.15) is 5.75 Å². The van der Waals surface area contributed by atoms with E-state index in [9.17, 15) is 0 Å². The summed E-state index contributed by atoms with van der Waals surface area (Å²) < 4.78 is 5.86. The molecule has 1 aromatic heterocycles. The summed E-state index contributed by atoms with van der Waals surface area (Å²) in [5.41, 5.74) is 8.17. The van der Waals surface area contributed by atoms with Crippen molar-refractivity contribution in [1.82, 2.24) is 4.98 Å². The molecule has 138 valence electrons. The molecule has 2 aromatic rings. The van der Waals surface area contributed by atoms with Crippen molar-refractivity contribution in [1.29, 1.82) is 0 Å². The van der Waals surface area contributed by atoms with E-state index in [-0.39, 0.29) is 0 Å². The predicted molar refractivity (Wildman–Crippen MR) is 106 cm³/mol. The highest BCUT2D eigenvalue weighted by Crippen LogP contribution is 2.53. The molecule has 4 rings (SSSR count). The molecule has 0 saturated heterocycles. The first kappa shape index (κ1) is 17.4. The summed E-state index contributed by atoms with van der Waals surface area (Å²) in [5.74, 6) is 4.15. The zero-order valence-electron chi connectivity index (χ0n) is 15.9. The van der Waals surface area contributed by atoms with Gasteiger partial charge < -0.3 is 10.5 Å². The molecule has 2 fully saturated rings. The van der Waals surface area contributed by atoms with Crippen LogP contribution in [-0.4, -0.2) is 4.98 Å². The zero-order valence-corrected chi connectivity index (χ0v) is 15.9. The molecule has 2 saturated carbocycles. The lowest BCUT2D eigenvalue weighted by Gasteiger charge is -2.49. The van der Waals surface area contributed by atoms with Gasteiger partial charge in [-0.2, -0.15) is 0 Å². The standard InChI is InChI=1S/C23H30N2O/c1-3-23(13-17-10-16(2)11-18(12-17)14-23)19-4-7-21(8-5-19)26-22-9-6-20(24)15-25-22/h4-9,15-18H,3,10-14,24H2,1-2H3. The minimum atomic E-state index is 0.353. The number of rotatable bonds is 4. The summed E-state index contributed by atoms with van der Waals surface area (Å²) in [5, 5.41) is 0. The molecule has 2 bridgehead atoms. The van der Waals surface area contributed by atoms with Gasteiger partial charge >= 0.3 is 0 Å². The highest BCUT2D eigenvalue weighted by atomic mass is 16.5. The Hall–Kier alpha value is -2.03. The molecule has 0 amide bonds. The Labute approximate surface area is 157 Å². The Kier molecular flexibility index (Phi) is 4.64. The summed E-state index contributed by atoms with van der Waals surface area (Å²) in [6.45, 7) is 4.81. The van der Waals surface area contributed by atoms with Crippen LogP contribution in [0.25, 0.3) is 0 Å². The molecular weight excluding hydrogens is 320 g/mol. The fourth-order valence-electron chi connectivity index (χ4n) is 5.60. The second-order valence-corrected chi connectivity index (χ2v) is 8.64. The van der Waals surface area contributed by atoms with Crippen molar-refractivity contribution in [2.45, 2.75) is 57.8 Å². The van der Waals surface area contributed by atoms with E-state index >= 15 is 0 Å². The molecule has 26 heavy (non-hydrogen) atoms. The van der Waals surface area contributed by atoms with Gasteiger partial charge in [-0.25, -0.2) is 4.98 Å². The van der Waals surface area contributed by atoms with Gasteiger partial charge in [0.25, 0.3) is 0 Å². The lowest BCUT2D eigenvalue weighted by molar-refractivity contribution is 0.0788. The van der Waals surface area contributed by atoms with E-state index in [2.05, 4.69) is 43.1 Å². The number of nitrogen functional groups attached to an aromatic ring is 1. The first-order valence-corrected chi connectivity index (χ1v) is 10.1. The highest BCUT2D eigenvalue weighted by Gasteiger charge is 2.43. The Morgan fingerprint density at radius 3 is 2.31 bits per heavy atom. The van der Waals surface area contributed by atoms with E-state index < -0.39 is 0 Å².